The summed E-state index contributed by atoms with van der Waals surface area (Å²) in [5, 5.41) is 4.22. The number of rotatable bonds is 7. The second-order valence-corrected chi connectivity index (χ2v) is 8.55. The predicted molar refractivity (Wildman–Crippen MR) is 130 cm³/mol. The maximum absolute atomic E-state index is 13.5. The van der Waals surface area contributed by atoms with Gasteiger partial charge < -0.3 is 19.3 Å². The lowest BCUT2D eigenvalue weighted by atomic mass is 10.2. The van der Waals surface area contributed by atoms with Gasteiger partial charge in [0.15, 0.2) is 5.65 Å². The third-order valence-electron chi connectivity index (χ3n) is 6.06. The Morgan fingerprint density at radius 1 is 1.06 bits per heavy atom. The van der Waals surface area contributed by atoms with E-state index < -0.39 is 6.10 Å². The number of hydrogen-bond acceptors (Lipinski definition) is 7. The minimum Gasteiger partial charge on any atom is -0.497 e. The number of aromatic nitrogens is 4. The van der Waals surface area contributed by atoms with Crippen molar-refractivity contribution >= 4 is 17.5 Å². The van der Waals surface area contributed by atoms with E-state index in [0.29, 0.717) is 30.9 Å². The highest BCUT2D eigenvalue weighted by Crippen LogP contribution is 2.19. The maximum atomic E-state index is 13.5. The Bertz CT molecular complexity index is 1340. The van der Waals surface area contributed by atoms with Crippen LogP contribution in [0.4, 0.5) is 0 Å². The van der Waals surface area contributed by atoms with Crippen LogP contribution in [0.2, 0.25) is 0 Å². The van der Waals surface area contributed by atoms with Crippen molar-refractivity contribution in [2.24, 2.45) is 0 Å². The van der Waals surface area contributed by atoms with Crippen molar-refractivity contribution in [1.29, 1.82) is 0 Å². The summed E-state index contributed by atoms with van der Waals surface area (Å²) in [5.74, 6) is 0.284. The summed E-state index contributed by atoms with van der Waals surface area (Å²) in [6.07, 6.45) is 7.87. The first-order valence-corrected chi connectivity index (χ1v) is 11.6. The summed E-state index contributed by atoms with van der Waals surface area (Å²) >= 11 is 0. The van der Waals surface area contributed by atoms with Crippen LogP contribution >= 0.6 is 0 Å². The Morgan fingerprint density at radius 3 is 2.69 bits per heavy atom. The van der Waals surface area contributed by atoms with Crippen molar-refractivity contribution in [3.63, 3.8) is 0 Å². The van der Waals surface area contributed by atoms with Gasteiger partial charge >= 0.3 is 0 Å². The van der Waals surface area contributed by atoms with E-state index >= 15 is 0 Å². The highest BCUT2D eigenvalue weighted by molar-refractivity contribution is 6.01. The zero-order valence-electron chi connectivity index (χ0n) is 19.9. The van der Waals surface area contributed by atoms with Gasteiger partial charge in [0, 0.05) is 44.4 Å². The summed E-state index contributed by atoms with van der Waals surface area (Å²) in [7, 11) is 1.61. The number of carbonyl (C=O) groups excluding carboxylic acids is 2. The Labute approximate surface area is 208 Å². The third kappa shape index (κ3) is 5.18. The molecule has 0 aliphatic carbocycles. The molecule has 1 aliphatic rings. The second-order valence-electron chi connectivity index (χ2n) is 8.55. The van der Waals surface area contributed by atoms with Crippen molar-refractivity contribution in [3.8, 4) is 5.75 Å². The zero-order valence-corrected chi connectivity index (χ0v) is 19.9. The smallest absolute Gasteiger partial charge is 0.259 e. The van der Waals surface area contributed by atoms with E-state index in [2.05, 4.69) is 15.1 Å². The molecule has 0 spiro atoms. The minimum absolute atomic E-state index is 0.0636. The van der Waals surface area contributed by atoms with Crippen LogP contribution in [0.3, 0.4) is 0 Å². The fraction of sp³-hybridized carbons (Fsp3) is 0.269. The number of hydrogen-bond donors (Lipinski definition) is 0. The van der Waals surface area contributed by atoms with E-state index in [9.17, 15) is 9.59 Å². The quantitative estimate of drug-likeness (QED) is 0.395. The molecule has 0 bridgehead atoms. The number of ether oxygens (including phenoxy) is 2. The molecule has 0 saturated carbocycles. The molecule has 1 aliphatic heterocycles. The number of amides is 2. The number of pyridine rings is 1. The number of fused-ring (bicyclic) bond motifs is 1. The van der Waals surface area contributed by atoms with Crippen LogP contribution < -0.4 is 4.74 Å². The molecule has 4 aromatic rings. The van der Waals surface area contributed by atoms with E-state index in [4.69, 9.17) is 9.47 Å². The second kappa shape index (κ2) is 10.5. The molecule has 4 heterocycles. The van der Waals surface area contributed by atoms with E-state index in [1.165, 1.54) is 11.1 Å². The molecule has 2 amide bonds. The maximum Gasteiger partial charge on any atom is 0.259 e. The first-order valence-electron chi connectivity index (χ1n) is 11.6. The van der Waals surface area contributed by atoms with Crippen LogP contribution in [0.15, 0.2) is 73.4 Å². The zero-order chi connectivity index (χ0) is 24.9. The van der Waals surface area contributed by atoms with Crippen molar-refractivity contribution in [1.82, 2.24) is 29.4 Å². The molecule has 1 saturated heterocycles. The SMILES string of the molecule is COc1ccc(CN2C[C@H](OCc3cccnc3)CN(C(=O)c3cnn4cccnc34)CC2=O)cc1. The predicted octanol–water partition coefficient (Wildman–Crippen LogP) is 2.20. The van der Waals surface area contributed by atoms with Gasteiger partial charge in [-0.2, -0.15) is 5.10 Å². The molecule has 36 heavy (non-hydrogen) atoms. The highest BCUT2D eigenvalue weighted by Gasteiger charge is 2.32. The van der Waals surface area contributed by atoms with Crippen LogP contribution in [0.1, 0.15) is 21.5 Å². The number of benzene rings is 1. The molecular weight excluding hydrogens is 460 g/mol. The molecule has 0 unspecified atom stereocenters. The summed E-state index contributed by atoms with van der Waals surface area (Å²) < 4.78 is 13.0. The van der Waals surface area contributed by atoms with Gasteiger partial charge in [-0.05, 0) is 35.4 Å². The Balaban J connectivity index is 1.38. The van der Waals surface area contributed by atoms with Crippen LogP contribution in [0.25, 0.3) is 5.65 Å². The fourth-order valence-electron chi connectivity index (χ4n) is 4.19. The molecule has 0 radical (unpaired) electrons. The standard InChI is InChI=1S/C26H26N6O4/c1-35-21-7-5-19(6-8-21)14-30-15-22(36-18-20-4-2-9-27-12-20)16-31(17-24(30)33)26(34)23-13-29-32-11-3-10-28-25(23)32/h2-13,22H,14-18H2,1H3/t22-/m0/s1. The first kappa shape index (κ1) is 23.4. The molecule has 1 fully saturated rings. The van der Waals surface area contributed by atoms with E-state index in [-0.39, 0.29) is 24.9 Å². The summed E-state index contributed by atoms with van der Waals surface area (Å²) in [6.45, 7) is 1.27. The van der Waals surface area contributed by atoms with E-state index in [1.54, 1.807) is 47.4 Å². The monoisotopic (exact) mass is 486 g/mol. The Hall–Kier alpha value is -4.31. The average molecular weight is 487 g/mol. The lowest BCUT2D eigenvalue weighted by Crippen LogP contribution is -2.39. The molecule has 1 atom stereocenters. The van der Waals surface area contributed by atoms with E-state index in [0.717, 1.165) is 16.9 Å². The van der Waals surface area contributed by atoms with Crippen LogP contribution in [-0.2, 0) is 22.7 Å². The Morgan fingerprint density at radius 2 is 1.92 bits per heavy atom. The Kier molecular flexibility index (Phi) is 6.85. The van der Waals surface area contributed by atoms with Gasteiger partial charge in [0.05, 0.1) is 26.0 Å². The lowest BCUT2D eigenvalue weighted by Gasteiger charge is -2.25. The lowest BCUT2D eigenvalue weighted by molar-refractivity contribution is -0.132. The van der Waals surface area contributed by atoms with Crippen LogP contribution in [0, 0.1) is 0 Å². The summed E-state index contributed by atoms with van der Waals surface area (Å²) in [5.41, 5.74) is 2.67. The summed E-state index contributed by atoms with van der Waals surface area (Å²) in [4.78, 5) is 38.5. The van der Waals surface area contributed by atoms with Crippen molar-refractivity contribution in [2.75, 3.05) is 26.7 Å². The van der Waals surface area contributed by atoms with Gasteiger partial charge in [0.25, 0.3) is 5.91 Å². The van der Waals surface area contributed by atoms with E-state index in [1.807, 2.05) is 36.4 Å². The van der Waals surface area contributed by atoms with Gasteiger partial charge in [-0.25, -0.2) is 9.50 Å². The highest BCUT2D eigenvalue weighted by atomic mass is 16.5. The normalized spacial score (nSPS) is 16.2. The van der Waals surface area contributed by atoms with Gasteiger partial charge in [-0.15, -0.1) is 0 Å². The fourth-order valence-corrected chi connectivity index (χ4v) is 4.19. The van der Waals surface area contributed by atoms with Gasteiger partial charge in [0.1, 0.15) is 17.9 Å². The van der Waals surface area contributed by atoms with Gasteiger partial charge in [-0.1, -0.05) is 18.2 Å². The summed E-state index contributed by atoms with van der Waals surface area (Å²) in [6, 6.07) is 13.1. The number of methoxy groups -OCH3 is 1. The average Bonchev–Trinajstić information content (AvgIpc) is 3.28. The molecule has 0 N–H and O–H groups in total. The molecule has 10 heteroatoms. The largest absolute Gasteiger partial charge is 0.497 e. The van der Waals surface area contributed by atoms with Crippen LogP contribution in [0.5, 0.6) is 5.75 Å². The molecule has 3 aromatic heterocycles. The van der Waals surface area contributed by atoms with Gasteiger partial charge in [0.2, 0.25) is 5.91 Å². The van der Waals surface area contributed by atoms with Crippen molar-refractivity contribution < 1.29 is 19.1 Å². The number of carbonyl (C=O) groups is 2. The third-order valence-corrected chi connectivity index (χ3v) is 6.06. The van der Waals surface area contributed by atoms with Gasteiger partial charge in [-0.3, -0.25) is 14.6 Å². The molecule has 10 nitrogen and oxygen atoms in total. The molecule has 184 valence electrons. The molecule has 5 rings (SSSR count). The van der Waals surface area contributed by atoms with Crippen molar-refractivity contribution in [3.05, 3.63) is 90.1 Å². The minimum atomic E-state index is -0.395. The molecule has 1 aromatic carbocycles. The van der Waals surface area contributed by atoms with Crippen molar-refractivity contribution in [2.45, 2.75) is 19.3 Å². The van der Waals surface area contributed by atoms with Crippen LogP contribution in [-0.4, -0.2) is 74.0 Å². The topological polar surface area (TPSA) is 102 Å². The number of nitrogens with zero attached hydrogens (tertiary/aromatic N) is 6. The first-order chi connectivity index (χ1) is 17.6. The molecular formula is C26H26N6O4.